The molecule has 9 nitrogen and oxygen atoms in total. The Morgan fingerprint density at radius 3 is 2.42 bits per heavy atom. The van der Waals surface area contributed by atoms with E-state index in [0.717, 1.165) is 40.9 Å². The lowest BCUT2D eigenvalue weighted by atomic mass is 10.0. The second-order valence-corrected chi connectivity index (χ2v) is 7.65. The van der Waals surface area contributed by atoms with Crippen molar-refractivity contribution in [1.29, 1.82) is 0 Å². The number of phenols is 1. The fourth-order valence-electron chi connectivity index (χ4n) is 3.73. The van der Waals surface area contributed by atoms with Crippen molar-refractivity contribution in [3.63, 3.8) is 0 Å². The third kappa shape index (κ3) is 4.67. The summed E-state index contributed by atoms with van der Waals surface area (Å²) in [5.41, 5.74) is 10.4. The lowest BCUT2D eigenvalue weighted by Crippen LogP contribution is -2.15. The van der Waals surface area contributed by atoms with E-state index in [0.29, 0.717) is 23.9 Å². The van der Waals surface area contributed by atoms with E-state index in [1.165, 1.54) is 0 Å². The van der Waals surface area contributed by atoms with Crippen LogP contribution in [-0.2, 0) is 19.4 Å². The predicted molar refractivity (Wildman–Crippen MR) is 128 cm³/mol. The number of aryl methyl sites for hydroxylation is 2. The van der Waals surface area contributed by atoms with Gasteiger partial charge in [0.15, 0.2) is 5.82 Å². The van der Waals surface area contributed by atoms with Gasteiger partial charge in [0.05, 0.1) is 6.33 Å². The highest BCUT2D eigenvalue weighted by Gasteiger charge is 2.19. The highest BCUT2D eigenvalue weighted by molar-refractivity contribution is 6.03. The number of anilines is 3. The van der Waals surface area contributed by atoms with E-state index in [1.54, 1.807) is 12.5 Å². The van der Waals surface area contributed by atoms with Gasteiger partial charge in [0.1, 0.15) is 17.1 Å². The van der Waals surface area contributed by atoms with E-state index in [-0.39, 0.29) is 5.56 Å². The monoisotopic (exact) mass is 445 g/mol. The highest BCUT2D eigenvalue weighted by Crippen LogP contribution is 2.28. The standard InChI is InChI=1S/C24H27N7O2/c1-3-16-11-15(12-17(4-2)21(16)32)13-27-23-20(22(25)33)24(30-29-23)28-18-5-7-19(8-6-18)31-10-9-26-14-31/h5-12,14,32H,3-4,13H2,1-2H3,(H2,25,33)(H3,27,28,29,30). The van der Waals surface area contributed by atoms with Crippen LogP contribution in [0.15, 0.2) is 55.1 Å². The number of imidazole rings is 1. The minimum Gasteiger partial charge on any atom is -0.507 e. The molecular weight excluding hydrogens is 418 g/mol. The quantitative estimate of drug-likeness (QED) is 0.265. The first-order valence-corrected chi connectivity index (χ1v) is 10.8. The third-order valence-electron chi connectivity index (χ3n) is 5.50. The number of nitrogens with two attached hydrogens (primary N) is 1. The summed E-state index contributed by atoms with van der Waals surface area (Å²) in [7, 11) is 0. The first kappa shape index (κ1) is 21.9. The maximum absolute atomic E-state index is 12.2. The predicted octanol–water partition coefficient (Wildman–Crippen LogP) is 3.88. The van der Waals surface area contributed by atoms with Crippen LogP contribution in [0.1, 0.15) is 40.9 Å². The Labute approximate surface area is 191 Å². The number of amides is 1. The normalized spacial score (nSPS) is 10.8. The van der Waals surface area contributed by atoms with E-state index in [2.05, 4.69) is 25.8 Å². The average Bonchev–Trinajstić information content (AvgIpc) is 3.49. The molecule has 4 rings (SSSR count). The summed E-state index contributed by atoms with van der Waals surface area (Å²) >= 11 is 0. The summed E-state index contributed by atoms with van der Waals surface area (Å²) in [5.74, 6) is 0.533. The number of hydrogen-bond acceptors (Lipinski definition) is 6. The van der Waals surface area contributed by atoms with Gasteiger partial charge in [0, 0.05) is 30.3 Å². The van der Waals surface area contributed by atoms with Crippen LogP contribution in [0.25, 0.3) is 5.69 Å². The van der Waals surface area contributed by atoms with Gasteiger partial charge in [-0.05, 0) is 53.8 Å². The number of rotatable bonds is 9. The molecule has 6 N–H and O–H groups in total. The Balaban J connectivity index is 1.52. The van der Waals surface area contributed by atoms with Crippen LogP contribution in [0.3, 0.4) is 0 Å². The number of nitrogens with one attached hydrogen (secondary N) is 3. The maximum Gasteiger partial charge on any atom is 0.256 e. The van der Waals surface area contributed by atoms with Crippen molar-refractivity contribution < 1.29 is 9.90 Å². The van der Waals surface area contributed by atoms with Gasteiger partial charge in [-0.3, -0.25) is 9.89 Å². The summed E-state index contributed by atoms with van der Waals surface area (Å²) < 4.78 is 1.90. The van der Waals surface area contributed by atoms with Gasteiger partial charge in [-0.1, -0.05) is 26.0 Å². The number of benzene rings is 2. The van der Waals surface area contributed by atoms with Crippen LogP contribution < -0.4 is 16.4 Å². The van der Waals surface area contributed by atoms with Gasteiger partial charge in [-0.15, -0.1) is 0 Å². The number of aromatic hydroxyl groups is 1. The van der Waals surface area contributed by atoms with Crippen LogP contribution in [-0.4, -0.2) is 30.8 Å². The van der Waals surface area contributed by atoms with Crippen molar-refractivity contribution in [3.05, 3.63) is 77.4 Å². The molecule has 0 unspecified atom stereocenters. The average molecular weight is 446 g/mol. The van der Waals surface area contributed by atoms with Gasteiger partial charge in [-0.2, -0.15) is 5.10 Å². The first-order valence-electron chi connectivity index (χ1n) is 10.8. The van der Waals surface area contributed by atoms with Crippen molar-refractivity contribution in [3.8, 4) is 11.4 Å². The molecule has 2 aromatic carbocycles. The molecular formula is C24H27N7O2. The number of carbonyl (C=O) groups excluding carboxylic acids is 1. The molecule has 33 heavy (non-hydrogen) atoms. The summed E-state index contributed by atoms with van der Waals surface area (Å²) in [6, 6.07) is 11.6. The van der Waals surface area contributed by atoms with Crippen LogP contribution in [0.5, 0.6) is 5.75 Å². The van der Waals surface area contributed by atoms with Crippen molar-refractivity contribution in [2.24, 2.45) is 5.73 Å². The van der Waals surface area contributed by atoms with Crippen LogP contribution in [0, 0.1) is 0 Å². The largest absolute Gasteiger partial charge is 0.507 e. The van der Waals surface area contributed by atoms with E-state index >= 15 is 0 Å². The molecule has 0 spiro atoms. The lowest BCUT2D eigenvalue weighted by molar-refractivity contribution is 0.100. The smallest absolute Gasteiger partial charge is 0.256 e. The fraction of sp³-hybridized carbons (Fsp3) is 0.208. The van der Waals surface area contributed by atoms with Gasteiger partial charge in [-0.25, -0.2) is 4.98 Å². The summed E-state index contributed by atoms with van der Waals surface area (Å²) in [6.45, 7) is 4.46. The fourth-order valence-corrected chi connectivity index (χ4v) is 3.73. The number of primary amides is 1. The third-order valence-corrected chi connectivity index (χ3v) is 5.50. The second kappa shape index (κ2) is 9.47. The molecule has 1 amide bonds. The van der Waals surface area contributed by atoms with E-state index < -0.39 is 5.91 Å². The number of H-pyrrole nitrogens is 1. The van der Waals surface area contributed by atoms with Crippen molar-refractivity contribution >= 4 is 23.2 Å². The number of carbonyl (C=O) groups is 1. The van der Waals surface area contributed by atoms with Crippen LogP contribution >= 0.6 is 0 Å². The first-order chi connectivity index (χ1) is 16.0. The van der Waals surface area contributed by atoms with E-state index in [1.807, 2.05) is 61.0 Å². The van der Waals surface area contributed by atoms with Crippen molar-refractivity contribution in [2.45, 2.75) is 33.2 Å². The molecule has 0 aliphatic heterocycles. The van der Waals surface area contributed by atoms with Gasteiger partial charge >= 0.3 is 0 Å². The molecule has 0 fully saturated rings. The number of aromatic nitrogens is 4. The molecule has 170 valence electrons. The lowest BCUT2D eigenvalue weighted by Gasteiger charge is -2.12. The Hall–Kier alpha value is -4.27. The zero-order valence-corrected chi connectivity index (χ0v) is 18.6. The summed E-state index contributed by atoms with van der Waals surface area (Å²) in [4.78, 5) is 16.2. The Bertz CT molecular complexity index is 1220. The SMILES string of the molecule is CCc1cc(CNc2[nH]nc(Nc3ccc(-n4ccnc4)cc3)c2C(N)=O)cc(CC)c1O. The van der Waals surface area contributed by atoms with Gasteiger partial charge < -0.3 is 26.0 Å². The Morgan fingerprint density at radius 2 is 1.85 bits per heavy atom. The number of phenolic OH excluding ortho intramolecular Hbond substituents is 1. The Morgan fingerprint density at radius 1 is 1.15 bits per heavy atom. The van der Waals surface area contributed by atoms with Gasteiger partial charge in [0.25, 0.3) is 5.91 Å². The number of nitrogens with zero attached hydrogens (tertiary/aromatic N) is 3. The van der Waals surface area contributed by atoms with Crippen molar-refractivity contribution in [1.82, 2.24) is 19.7 Å². The molecule has 0 saturated heterocycles. The number of aromatic amines is 1. The molecule has 0 radical (unpaired) electrons. The zero-order chi connectivity index (χ0) is 23.4. The van der Waals surface area contributed by atoms with Crippen LogP contribution in [0.2, 0.25) is 0 Å². The highest BCUT2D eigenvalue weighted by atomic mass is 16.3. The molecule has 0 saturated carbocycles. The number of hydrogen-bond donors (Lipinski definition) is 5. The molecule has 4 aromatic rings. The van der Waals surface area contributed by atoms with Gasteiger partial charge in [0.2, 0.25) is 0 Å². The molecule has 0 aliphatic carbocycles. The summed E-state index contributed by atoms with van der Waals surface area (Å²) in [5, 5.41) is 23.8. The molecule has 2 aromatic heterocycles. The maximum atomic E-state index is 12.2. The molecule has 0 aliphatic rings. The topological polar surface area (TPSA) is 134 Å². The van der Waals surface area contributed by atoms with Crippen LogP contribution in [0.4, 0.5) is 17.3 Å². The Kier molecular flexibility index (Phi) is 6.30. The van der Waals surface area contributed by atoms with E-state index in [4.69, 9.17) is 5.73 Å². The second-order valence-electron chi connectivity index (χ2n) is 7.65. The molecule has 9 heteroatoms. The molecule has 0 bridgehead atoms. The molecule has 2 heterocycles. The zero-order valence-electron chi connectivity index (χ0n) is 18.6. The minimum atomic E-state index is -0.599. The van der Waals surface area contributed by atoms with E-state index in [9.17, 15) is 9.90 Å². The minimum absolute atomic E-state index is 0.249. The molecule has 0 atom stereocenters. The van der Waals surface area contributed by atoms with Crippen molar-refractivity contribution in [2.75, 3.05) is 10.6 Å². The summed E-state index contributed by atoms with van der Waals surface area (Å²) in [6.07, 6.45) is 6.77.